The molecule has 0 unspecified atom stereocenters. The standard InChI is InChI=1S/C14H15N3O4/c1-20-10-6-9(7-11(8-10)21-2)16-13-5-3-4-12(15)14(13)17(18)19/h3-8,16H,15H2,1-2H3. The summed E-state index contributed by atoms with van der Waals surface area (Å²) < 4.78 is 10.3. The molecule has 21 heavy (non-hydrogen) atoms. The predicted molar refractivity (Wildman–Crippen MR) is 80.3 cm³/mol. The van der Waals surface area contributed by atoms with Crippen LogP contribution in [0.3, 0.4) is 0 Å². The summed E-state index contributed by atoms with van der Waals surface area (Å²) in [6.07, 6.45) is 0. The summed E-state index contributed by atoms with van der Waals surface area (Å²) in [5.74, 6) is 1.15. The number of rotatable bonds is 5. The highest BCUT2D eigenvalue weighted by atomic mass is 16.6. The van der Waals surface area contributed by atoms with E-state index in [4.69, 9.17) is 15.2 Å². The van der Waals surface area contributed by atoms with Crippen LogP contribution in [-0.2, 0) is 0 Å². The zero-order valence-electron chi connectivity index (χ0n) is 11.6. The van der Waals surface area contributed by atoms with Gasteiger partial charge in [-0.15, -0.1) is 0 Å². The van der Waals surface area contributed by atoms with Gasteiger partial charge in [0.05, 0.1) is 19.1 Å². The summed E-state index contributed by atoms with van der Waals surface area (Å²) in [4.78, 5) is 10.6. The van der Waals surface area contributed by atoms with Gasteiger partial charge in [0.15, 0.2) is 0 Å². The summed E-state index contributed by atoms with van der Waals surface area (Å²) in [6, 6.07) is 9.82. The van der Waals surface area contributed by atoms with Crippen molar-refractivity contribution in [1.82, 2.24) is 0 Å². The number of nitrogens with one attached hydrogen (secondary N) is 1. The van der Waals surface area contributed by atoms with E-state index in [0.717, 1.165) is 0 Å². The van der Waals surface area contributed by atoms with Crippen LogP contribution in [0.5, 0.6) is 11.5 Å². The van der Waals surface area contributed by atoms with Gasteiger partial charge < -0.3 is 20.5 Å². The van der Waals surface area contributed by atoms with Gasteiger partial charge in [-0.05, 0) is 12.1 Å². The van der Waals surface area contributed by atoms with Gasteiger partial charge in [-0.2, -0.15) is 0 Å². The number of nitro benzene ring substituents is 1. The van der Waals surface area contributed by atoms with Crippen molar-refractivity contribution in [2.75, 3.05) is 25.3 Å². The van der Waals surface area contributed by atoms with E-state index >= 15 is 0 Å². The molecule has 7 nitrogen and oxygen atoms in total. The first-order valence-electron chi connectivity index (χ1n) is 6.08. The Morgan fingerprint density at radius 2 is 1.76 bits per heavy atom. The molecular weight excluding hydrogens is 274 g/mol. The van der Waals surface area contributed by atoms with Crippen molar-refractivity contribution in [1.29, 1.82) is 0 Å². The minimum Gasteiger partial charge on any atom is -0.497 e. The quantitative estimate of drug-likeness (QED) is 0.498. The number of ether oxygens (including phenoxy) is 2. The molecule has 2 aromatic carbocycles. The Kier molecular flexibility index (Phi) is 4.13. The first-order valence-corrected chi connectivity index (χ1v) is 6.08. The number of nitrogen functional groups attached to an aromatic ring is 1. The molecule has 0 saturated heterocycles. The largest absolute Gasteiger partial charge is 0.497 e. The molecule has 0 aliphatic heterocycles. The van der Waals surface area contributed by atoms with Crippen LogP contribution in [0.2, 0.25) is 0 Å². The average molecular weight is 289 g/mol. The number of nitrogens with two attached hydrogens (primary N) is 1. The molecule has 110 valence electrons. The van der Waals surface area contributed by atoms with Gasteiger partial charge in [-0.25, -0.2) is 0 Å². The molecule has 0 aromatic heterocycles. The van der Waals surface area contributed by atoms with Crippen molar-refractivity contribution in [2.45, 2.75) is 0 Å². The molecule has 0 bridgehead atoms. The van der Waals surface area contributed by atoms with E-state index in [1.807, 2.05) is 0 Å². The zero-order valence-corrected chi connectivity index (χ0v) is 11.6. The van der Waals surface area contributed by atoms with Crippen molar-refractivity contribution in [2.24, 2.45) is 0 Å². The maximum absolute atomic E-state index is 11.1. The fourth-order valence-corrected chi connectivity index (χ4v) is 1.90. The summed E-state index contributed by atoms with van der Waals surface area (Å²) in [5.41, 5.74) is 6.49. The Hall–Kier alpha value is -2.96. The van der Waals surface area contributed by atoms with Crippen molar-refractivity contribution in [3.8, 4) is 11.5 Å². The van der Waals surface area contributed by atoms with Gasteiger partial charge in [0.25, 0.3) is 0 Å². The lowest BCUT2D eigenvalue weighted by atomic mass is 10.2. The van der Waals surface area contributed by atoms with Gasteiger partial charge in [0.1, 0.15) is 22.9 Å². The lowest BCUT2D eigenvalue weighted by Gasteiger charge is -2.11. The topological polar surface area (TPSA) is 99.7 Å². The van der Waals surface area contributed by atoms with E-state index in [9.17, 15) is 10.1 Å². The van der Waals surface area contributed by atoms with E-state index in [-0.39, 0.29) is 11.4 Å². The smallest absolute Gasteiger partial charge is 0.315 e. The minimum absolute atomic E-state index is 0.0971. The highest BCUT2D eigenvalue weighted by Crippen LogP contribution is 2.34. The second-order valence-corrected chi connectivity index (χ2v) is 4.23. The zero-order chi connectivity index (χ0) is 15.4. The van der Waals surface area contributed by atoms with E-state index in [1.54, 1.807) is 30.3 Å². The van der Waals surface area contributed by atoms with E-state index < -0.39 is 4.92 Å². The number of nitro groups is 1. The third-order valence-electron chi connectivity index (χ3n) is 2.88. The molecule has 7 heteroatoms. The van der Waals surface area contributed by atoms with Gasteiger partial charge in [0.2, 0.25) is 0 Å². The first-order chi connectivity index (χ1) is 10.0. The van der Waals surface area contributed by atoms with E-state index in [0.29, 0.717) is 22.9 Å². The van der Waals surface area contributed by atoms with Gasteiger partial charge >= 0.3 is 5.69 Å². The molecule has 0 aliphatic carbocycles. The molecule has 3 N–H and O–H groups in total. The van der Waals surface area contributed by atoms with Crippen LogP contribution in [0.15, 0.2) is 36.4 Å². The summed E-state index contributed by atoms with van der Waals surface area (Å²) in [5, 5.41) is 14.1. The summed E-state index contributed by atoms with van der Waals surface area (Å²) in [6.45, 7) is 0. The third-order valence-corrected chi connectivity index (χ3v) is 2.88. The number of methoxy groups -OCH3 is 2. The molecule has 0 spiro atoms. The minimum atomic E-state index is -0.519. The van der Waals surface area contributed by atoms with Gasteiger partial charge in [-0.3, -0.25) is 10.1 Å². The number of nitrogens with zero attached hydrogens (tertiary/aromatic N) is 1. The van der Waals surface area contributed by atoms with Crippen LogP contribution in [0.25, 0.3) is 0 Å². The molecule has 0 fully saturated rings. The third kappa shape index (κ3) is 3.14. The summed E-state index contributed by atoms with van der Waals surface area (Å²) in [7, 11) is 3.06. The SMILES string of the molecule is COc1cc(Nc2cccc(N)c2[N+](=O)[O-])cc(OC)c1. The number of hydrogen-bond acceptors (Lipinski definition) is 6. The Bertz CT molecular complexity index is 651. The van der Waals surface area contributed by atoms with Crippen LogP contribution < -0.4 is 20.5 Å². The van der Waals surface area contributed by atoms with E-state index in [2.05, 4.69) is 5.32 Å². The first kappa shape index (κ1) is 14.4. The number of hydrogen-bond donors (Lipinski definition) is 2. The van der Waals surface area contributed by atoms with Crippen molar-refractivity contribution in [3.63, 3.8) is 0 Å². The van der Waals surface area contributed by atoms with Crippen molar-refractivity contribution < 1.29 is 14.4 Å². The Labute approximate surface area is 121 Å². The lowest BCUT2D eigenvalue weighted by molar-refractivity contribution is -0.383. The number of anilines is 3. The molecular formula is C14H15N3O4. The maximum Gasteiger partial charge on any atom is 0.315 e. The Morgan fingerprint density at radius 1 is 1.14 bits per heavy atom. The van der Waals surface area contributed by atoms with E-state index in [1.165, 1.54) is 20.3 Å². The molecule has 0 amide bonds. The predicted octanol–water partition coefficient (Wildman–Crippen LogP) is 2.94. The molecule has 2 aromatic rings. The second-order valence-electron chi connectivity index (χ2n) is 4.23. The molecule has 0 atom stereocenters. The highest BCUT2D eigenvalue weighted by Gasteiger charge is 2.18. The van der Waals surface area contributed by atoms with Crippen LogP contribution in [0, 0.1) is 10.1 Å². The molecule has 0 aliphatic rings. The second kappa shape index (κ2) is 6.00. The molecule has 0 heterocycles. The maximum atomic E-state index is 11.1. The van der Waals surface area contributed by atoms with Crippen LogP contribution >= 0.6 is 0 Å². The fourth-order valence-electron chi connectivity index (χ4n) is 1.90. The van der Waals surface area contributed by atoms with Gasteiger partial charge in [0, 0.05) is 23.9 Å². The Balaban J connectivity index is 2.43. The van der Waals surface area contributed by atoms with Gasteiger partial charge in [-0.1, -0.05) is 6.07 Å². The van der Waals surface area contributed by atoms with Crippen LogP contribution in [0.4, 0.5) is 22.7 Å². The van der Waals surface area contributed by atoms with Crippen molar-refractivity contribution in [3.05, 3.63) is 46.5 Å². The number of benzene rings is 2. The molecule has 0 radical (unpaired) electrons. The Morgan fingerprint density at radius 3 is 2.29 bits per heavy atom. The summed E-state index contributed by atoms with van der Waals surface area (Å²) >= 11 is 0. The number of para-hydroxylation sites is 1. The van der Waals surface area contributed by atoms with Crippen LogP contribution in [-0.4, -0.2) is 19.1 Å². The average Bonchev–Trinajstić information content (AvgIpc) is 2.46. The lowest BCUT2D eigenvalue weighted by Crippen LogP contribution is -2.01. The highest BCUT2D eigenvalue weighted by molar-refractivity contribution is 5.78. The normalized spacial score (nSPS) is 10.0. The fraction of sp³-hybridized carbons (Fsp3) is 0.143. The van der Waals surface area contributed by atoms with Crippen LogP contribution in [0.1, 0.15) is 0 Å². The van der Waals surface area contributed by atoms with Crippen molar-refractivity contribution >= 4 is 22.7 Å². The molecule has 2 rings (SSSR count). The molecule has 0 saturated carbocycles. The monoisotopic (exact) mass is 289 g/mol.